The monoisotopic (exact) mass is 404 g/mol. The van der Waals surface area contributed by atoms with Gasteiger partial charge in [0.15, 0.2) is 5.16 Å². The predicted molar refractivity (Wildman–Crippen MR) is 114 cm³/mol. The van der Waals surface area contributed by atoms with Crippen LogP contribution in [0, 0.1) is 13.8 Å². The van der Waals surface area contributed by atoms with Crippen LogP contribution >= 0.6 is 11.8 Å². The molecule has 2 aromatic heterocycles. The number of aromatic nitrogens is 6. The average molecular weight is 405 g/mol. The third-order valence-corrected chi connectivity index (χ3v) is 5.00. The third kappa shape index (κ3) is 4.88. The highest BCUT2D eigenvalue weighted by molar-refractivity contribution is 7.99. The Morgan fingerprint density at radius 1 is 0.759 bits per heavy atom. The predicted octanol–water partition coefficient (Wildman–Crippen LogP) is 4.26. The van der Waals surface area contributed by atoms with Crippen molar-refractivity contribution in [2.75, 3.05) is 10.6 Å². The van der Waals surface area contributed by atoms with Crippen LogP contribution in [0.5, 0.6) is 0 Å². The molecule has 0 aliphatic carbocycles. The summed E-state index contributed by atoms with van der Waals surface area (Å²) in [4.78, 5) is 13.6. The van der Waals surface area contributed by atoms with Crippen molar-refractivity contribution in [3.8, 4) is 0 Å². The van der Waals surface area contributed by atoms with Crippen molar-refractivity contribution in [2.24, 2.45) is 7.05 Å². The Balaban J connectivity index is 1.65. The van der Waals surface area contributed by atoms with Crippen LogP contribution in [0.3, 0.4) is 0 Å². The van der Waals surface area contributed by atoms with Crippen molar-refractivity contribution in [1.82, 2.24) is 29.7 Å². The minimum absolute atomic E-state index is 0.447. The van der Waals surface area contributed by atoms with Crippen molar-refractivity contribution >= 4 is 35.0 Å². The number of benzene rings is 2. The second-order valence-electron chi connectivity index (χ2n) is 6.57. The van der Waals surface area contributed by atoms with Crippen molar-refractivity contribution < 1.29 is 0 Å². The molecule has 29 heavy (non-hydrogen) atoms. The summed E-state index contributed by atoms with van der Waals surface area (Å²) in [5, 5.41) is 15.7. The molecule has 9 heteroatoms. The van der Waals surface area contributed by atoms with Crippen LogP contribution in [0.1, 0.15) is 11.1 Å². The number of rotatable bonds is 6. The molecule has 0 aliphatic rings. The summed E-state index contributed by atoms with van der Waals surface area (Å²) in [5.41, 5.74) is 4.17. The van der Waals surface area contributed by atoms with E-state index in [0.29, 0.717) is 22.2 Å². The first-order valence-corrected chi connectivity index (χ1v) is 9.82. The van der Waals surface area contributed by atoms with Gasteiger partial charge >= 0.3 is 0 Å². The summed E-state index contributed by atoms with van der Waals surface area (Å²) in [6, 6.07) is 16.1. The zero-order chi connectivity index (χ0) is 20.2. The highest BCUT2D eigenvalue weighted by atomic mass is 32.2. The summed E-state index contributed by atoms with van der Waals surface area (Å²) in [7, 11) is 1.88. The summed E-state index contributed by atoms with van der Waals surface area (Å²) < 4.78 is 1.81. The van der Waals surface area contributed by atoms with Crippen molar-refractivity contribution in [1.29, 1.82) is 0 Å². The summed E-state index contributed by atoms with van der Waals surface area (Å²) in [5.74, 6) is 0.895. The molecule has 0 bridgehead atoms. The Morgan fingerprint density at radius 3 is 1.72 bits per heavy atom. The largest absolute Gasteiger partial charge is 0.324 e. The van der Waals surface area contributed by atoms with Gasteiger partial charge in [0.2, 0.25) is 17.1 Å². The Morgan fingerprint density at radius 2 is 1.28 bits per heavy atom. The van der Waals surface area contributed by atoms with Crippen LogP contribution in [0.4, 0.5) is 23.3 Å². The topological polar surface area (TPSA) is 93.4 Å². The Kier molecular flexibility index (Phi) is 5.39. The fourth-order valence-corrected chi connectivity index (χ4v) is 3.20. The zero-order valence-electron chi connectivity index (χ0n) is 16.3. The van der Waals surface area contributed by atoms with Crippen molar-refractivity contribution in [3.05, 3.63) is 66.0 Å². The van der Waals surface area contributed by atoms with Gasteiger partial charge in [-0.15, -0.1) is 10.2 Å². The molecule has 2 heterocycles. The van der Waals surface area contributed by atoms with Crippen molar-refractivity contribution in [3.63, 3.8) is 0 Å². The molecule has 0 atom stereocenters. The number of anilines is 4. The van der Waals surface area contributed by atoms with Gasteiger partial charge in [-0.3, -0.25) is 0 Å². The Labute approximate surface area is 172 Å². The van der Waals surface area contributed by atoms with E-state index in [0.717, 1.165) is 11.4 Å². The van der Waals surface area contributed by atoms with Crippen LogP contribution in [0.25, 0.3) is 0 Å². The van der Waals surface area contributed by atoms with E-state index >= 15 is 0 Å². The lowest BCUT2D eigenvalue weighted by Crippen LogP contribution is -2.05. The molecule has 0 saturated heterocycles. The van der Waals surface area contributed by atoms with Gasteiger partial charge < -0.3 is 15.2 Å². The zero-order valence-corrected chi connectivity index (χ0v) is 17.1. The molecular weight excluding hydrogens is 384 g/mol. The maximum absolute atomic E-state index is 4.53. The van der Waals surface area contributed by atoms with Gasteiger partial charge in [-0.25, -0.2) is 0 Å². The summed E-state index contributed by atoms with van der Waals surface area (Å²) in [6.07, 6.45) is 1.64. The van der Waals surface area contributed by atoms with Crippen LogP contribution in [-0.4, -0.2) is 29.7 Å². The molecular formula is C20H20N8S. The molecule has 2 N–H and O–H groups in total. The summed E-state index contributed by atoms with van der Waals surface area (Å²) >= 11 is 1.32. The standard InChI is InChI=1S/C20H20N8S/c1-13-4-8-15(9-5-13)22-17-24-18(23-16-10-6-14(2)7-11-16)26-19(25-17)29-20-27-21-12-28(20)3/h4-12H,1-3H3,(H2,22,23,24,25,26). The van der Waals surface area contributed by atoms with Crippen LogP contribution < -0.4 is 10.6 Å². The molecule has 0 amide bonds. The van der Waals surface area contributed by atoms with Gasteiger partial charge in [-0.1, -0.05) is 35.4 Å². The molecule has 0 saturated carbocycles. The van der Waals surface area contributed by atoms with Gasteiger partial charge in [0.05, 0.1) is 0 Å². The first-order chi connectivity index (χ1) is 14.0. The number of hydrogen-bond acceptors (Lipinski definition) is 8. The Bertz CT molecular complexity index is 1040. The van der Waals surface area contributed by atoms with Gasteiger partial charge in [0.1, 0.15) is 6.33 Å². The molecule has 0 spiro atoms. The lowest BCUT2D eigenvalue weighted by molar-refractivity contribution is 0.783. The maximum atomic E-state index is 4.53. The number of nitrogens with zero attached hydrogens (tertiary/aromatic N) is 6. The molecule has 4 rings (SSSR count). The van der Waals surface area contributed by atoms with Gasteiger partial charge in [0, 0.05) is 18.4 Å². The molecule has 8 nitrogen and oxygen atoms in total. The molecule has 0 aliphatic heterocycles. The first-order valence-electron chi connectivity index (χ1n) is 9.00. The van der Waals surface area contributed by atoms with E-state index in [9.17, 15) is 0 Å². The summed E-state index contributed by atoms with van der Waals surface area (Å²) in [6.45, 7) is 4.10. The molecule has 146 valence electrons. The fraction of sp³-hybridized carbons (Fsp3) is 0.150. The second-order valence-corrected chi connectivity index (χ2v) is 7.51. The highest BCUT2D eigenvalue weighted by Crippen LogP contribution is 2.25. The number of hydrogen-bond donors (Lipinski definition) is 2. The van der Waals surface area contributed by atoms with Crippen LogP contribution in [0.15, 0.2) is 65.2 Å². The fourth-order valence-electron chi connectivity index (χ4n) is 2.49. The van der Waals surface area contributed by atoms with E-state index in [1.165, 1.54) is 22.9 Å². The number of nitrogens with one attached hydrogen (secondary N) is 2. The smallest absolute Gasteiger partial charge is 0.233 e. The average Bonchev–Trinajstić information content (AvgIpc) is 3.10. The second kappa shape index (κ2) is 8.27. The maximum Gasteiger partial charge on any atom is 0.233 e. The van der Waals surface area contributed by atoms with E-state index in [1.54, 1.807) is 6.33 Å². The van der Waals surface area contributed by atoms with E-state index in [4.69, 9.17) is 0 Å². The molecule has 2 aromatic carbocycles. The number of aryl methyl sites for hydroxylation is 3. The van der Waals surface area contributed by atoms with Crippen LogP contribution in [0.2, 0.25) is 0 Å². The quantitative estimate of drug-likeness (QED) is 0.492. The lowest BCUT2D eigenvalue weighted by atomic mass is 10.2. The van der Waals surface area contributed by atoms with E-state index < -0.39 is 0 Å². The third-order valence-electron chi connectivity index (χ3n) is 4.08. The lowest BCUT2D eigenvalue weighted by Gasteiger charge is -2.10. The SMILES string of the molecule is Cc1ccc(Nc2nc(Nc3ccc(C)cc3)nc(Sc3nncn3C)n2)cc1. The minimum Gasteiger partial charge on any atom is -0.324 e. The van der Waals surface area contributed by atoms with E-state index in [2.05, 4.69) is 35.8 Å². The van der Waals surface area contributed by atoms with Crippen LogP contribution in [-0.2, 0) is 7.05 Å². The van der Waals surface area contributed by atoms with Crippen molar-refractivity contribution in [2.45, 2.75) is 24.2 Å². The molecule has 4 aromatic rings. The van der Waals surface area contributed by atoms with Gasteiger partial charge in [-0.05, 0) is 49.9 Å². The molecule has 0 unspecified atom stereocenters. The molecule has 0 fully saturated rings. The van der Waals surface area contributed by atoms with E-state index in [-0.39, 0.29) is 0 Å². The van der Waals surface area contributed by atoms with E-state index in [1.807, 2.05) is 74.0 Å². The van der Waals surface area contributed by atoms with Gasteiger partial charge in [0.25, 0.3) is 0 Å². The minimum atomic E-state index is 0.447. The Hall–Kier alpha value is -3.46. The molecule has 0 radical (unpaired) electrons. The first kappa shape index (κ1) is 18.9. The highest BCUT2D eigenvalue weighted by Gasteiger charge is 2.12. The van der Waals surface area contributed by atoms with Gasteiger partial charge in [-0.2, -0.15) is 15.0 Å². The normalized spacial score (nSPS) is 10.7.